The Kier molecular flexibility index (Phi) is 3.16. The van der Waals surface area contributed by atoms with Gasteiger partial charge in [0.2, 0.25) is 0 Å². The molecule has 0 spiro atoms. The smallest absolute Gasteiger partial charge is 0.193 e. The fraction of sp³-hybridized carbons (Fsp3) is 0.0667. The van der Waals surface area contributed by atoms with Gasteiger partial charge in [-0.15, -0.1) is 0 Å². The molecular weight excluding hydrogens is 196 g/mol. The highest BCUT2D eigenvalue weighted by molar-refractivity contribution is 6.08. The Bertz CT molecular complexity index is 469. The van der Waals surface area contributed by atoms with Crippen LogP contribution in [0, 0.1) is 6.42 Å². The lowest BCUT2D eigenvalue weighted by Crippen LogP contribution is -2.00. The van der Waals surface area contributed by atoms with Crippen molar-refractivity contribution in [3.8, 4) is 0 Å². The van der Waals surface area contributed by atoms with E-state index in [4.69, 9.17) is 0 Å². The van der Waals surface area contributed by atoms with Crippen LogP contribution in [0.25, 0.3) is 0 Å². The number of carbonyl (C=O) groups excluding carboxylic acids is 1. The molecule has 0 saturated carbocycles. The van der Waals surface area contributed by atoms with Crippen molar-refractivity contribution in [1.82, 2.24) is 0 Å². The van der Waals surface area contributed by atoms with E-state index >= 15 is 0 Å². The number of hydrogen-bond acceptors (Lipinski definition) is 1. The first-order valence-electron chi connectivity index (χ1n) is 5.30. The number of ketones is 1. The Labute approximate surface area is 95.7 Å². The van der Waals surface area contributed by atoms with E-state index in [1.165, 1.54) is 0 Å². The van der Waals surface area contributed by atoms with Gasteiger partial charge in [-0.1, -0.05) is 61.5 Å². The first-order chi connectivity index (χ1) is 7.81. The highest BCUT2D eigenvalue weighted by Crippen LogP contribution is 2.11. The highest BCUT2D eigenvalue weighted by atomic mass is 16.1. The van der Waals surface area contributed by atoms with E-state index in [1.54, 1.807) is 0 Å². The van der Waals surface area contributed by atoms with Gasteiger partial charge >= 0.3 is 0 Å². The van der Waals surface area contributed by atoms with Crippen molar-refractivity contribution >= 4 is 5.78 Å². The summed E-state index contributed by atoms with van der Waals surface area (Å²) in [5.41, 5.74) is 2.59. The molecule has 0 unspecified atom stereocenters. The van der Waals surface area contributed by atoms with E-state index in [0.717, 1.165) is 16.7 Å². The number of rotatable bonds is 3. The lowest BCUT2D eigenvalue weighted by Gasteiger charge is -2.02. The fourth-order valence-corrected chi connectivity index (χ4v) is 1.58. The van der Waals surface area contributed by atoms with Gasteiger partial charge in [-0.2, -0.15) is 0 Å². The summed E-state index contributed by atoms with van der Waals surface area (Å²) in [6, 6.07) is 17.0. The average Bonchev–Trinajstić information content (AvgIpc) is 2.39. The van der Waals surface area contributed by atoms with Crippen molar-refractivity contribution in [3.63, 3.8) is 0 Å². The summed E-state index contributed by atoms with van der Waals surface area (Å²) in [7, 11) is 0. The summed E-state index contributed by atoms with van der Waals surface area (Å²) in [6.07, 6.45) is 2.01. The number of hydrogen-bond donors (Lipinski definition) is 0. The molecule has 0 aliphatic rings. The van der Waals surface area contributed by atoms with Crippen LogP contribution in [0.2, 0.25) is 0 Å². The first kappa shape index (κ1) is 10.6. The average molecular weight is 209 g/mol. The van der Waals surface area contributed by atoms with Gasteiger partial charge in [0.15, 0.2) is 5.78 Å². The third-order valence-corrected chi connectivity index (χ3v) is 2.54. The van der Waals surface area contributed by atoms with Gasteiger partial charge in [0, 0.05) is 11.1 Å². The van der Waals surface area contributed by atoms with E-state index in [1.807, 2.05) is 67.9 Å². The SMILES string of the molecule is C[CH]c1ccc(C(=O)c2ccccc2)cc1. The fourth-order valence-electron chi connectivity index (χ4n) is 1.58. The monoisotopic (exact) mass is 209 g/mol. The van der Waals surface area contributed by atoms with Crippen molar-refractivity contribution in [2.75, 3.05) is 0 Å². The van der Waals surface area contributed by atoms with E-state index < -0.39 is 0 Å². The second-order valence-corrected chi connectivity index (χ2v) is 3.61. The Morgan fingerprint density at radius 3 is 2.00 bits per heavy atom. The molecule has 1 heteroatoms. The van der Waals surface area contributed by atoms with E-state index in [0.29, 0.717) is 0 Å². The minimum atomic E-state index is 0.0725. The molecule has 0 N–H and O–H groups in total. The predicted molar refractivity (Wildman–Crippen MR) is 65.4 cm³/mol. The van der Waals surface area contributed by atoms with Gasteiger partial charge in [-0.3, -0.25) is 4.79 Å². The van der Waals surface area contributed by atoms with Crippen LogP contribution < -0.4 is 0 Å². The summed E-state index contributed by atoms with van der Waals surface area (Å²) in [5.74, 6) is 0.0725. The van der Waals surface area contributed by atoms with Gasteiger partial charge in [0.05, 0.1) is 0 Å². The Morgan fingerprint density at radius 2 is 1.44 bits per heavy atom. The molecule has 0 saturated heterocycles. The molecule has 1 radical (unpaired) electrons. The van der Waals surface area contributed by atoms with Crippen LogP contribution in [0.3, 0.4) is 0 Å². The van der Waals surface area contributed by atoms with Crippen LogP contribution in [0.1, 0.15) is 28.4 Å². The molecule has 2 aromatic rings. The van der Waals surface area contributed by atoms with Gasteiger partial charge in [0.25, 0.3) is 0 Å². The third-order valence-electron chi connectivity index (χ3n) is 2.54. The molecule has 0 amide bonds. The summed E-state index contributed by atoms with van der Waals surface area (Å²) in [6.45, 7) is 1.98. The van der Waals surface area contributed by atoms with Gasteiger partial charge in [-0.05, 0) is 12.0 Å². The Hall–Kier alpha value is -1.89. The standard InChI is InChI=1S/C15H13O/c1-2-12-8-10-14(11-9-12)15(16)13-6-4-3-5-7-13/h2-11H,1H3. The van der Waals surface area contributed by atoms with Gasteiger partial charge in [0.1, 0.15) is 0 Å². The molecule has 0 aliphatic carbocycles. The normalized spacial score (nSPS) is 10.1. The van der Waals surface area contributed by atoms with Crippen LogP contribution in [0.15, 0.2) is 54.6 Å². The zero-order valence-corrected chi connectivity index (χ0v) is 9.18. The lowest BCUT2D eigenvalue weighted by molar-refractivity contribution is 0.103. The summed E-state index contributed by atoms with van der Waals surface area (Å²) in [4.78, 5) is 12.0. The Morgan fingerprint density at radius 1 is 0.875 bits per heavy atom. The molecule has 1 nitrogen and oxygen atoms in total. The molecule has 0 bridgehead atoms. The van der Waals surface area contributed by atoms with Crippen molar-refractivity contribution < 1.29 is 4.79 Å². The molecule has 2 aromatic carbocycles. The van der Waals surface area contributed by atoms with Gasteiger partial charge in [-0.25, -0.2) is 0 Å². The topological polar surface area (TPSA) is 17.1 Å². The second-order valence-electron chi connectivity index (χ2n) is 3.61. The molecule has 0 aliphatic heterocycles. The summed E-state index contributed by atoms with van der Waals surface area (Å²) in [5, 5.41) is 0. The van der Waals surface area contributed by atoms with Crippen molar-refractivity contribution in [1.29, 1.82) is 0 Å². The first-order valence-corrected chi connectivity index (χ1v) is 5.30. The zero-order valence-electron chi connectivity index (χ0n) is 9.18. The zero-order chi connectivity index (χ0) is 11.4. The summed E-state index contributed by atoms with van der Waals surface area (Å²) < 4.78 is 0. The minimum Gasteiger partial charge on any atom is -0.289 e. The van der Waals surface area contributed by atoms with E-state index in [2.05, 4.69) is 0 Å². The van der Waals surface area contributed by atoms with E-state index in [-0.39, 0.29) is 5.78 Å². The molecular formula is C15H13O. The second kappa shape index (κ2) is 4.75. The molecule has 0 atom stereocenters. The maximum absolute atomic E-state index is 12.0. The van der Waals surface area contributed by atoms with Crippen molar-refractivity contribution in [2.45, 2.75) is 6.92 Å². The lowest BCUT2D eigenvalue weighted by atomic mass is 10.0. The third kappa shape index (κ3) is 2.19. The van der Waals surface area contributed by atoms with Crippen molar-refractivity contribution in [3.05, 3.63) is 77.7 Å². The molecule has 0 aromatic heterocycles. The minimum absolute atomic E-state index is 0.0725. The van der Waals surface area contributed by atoms with Crippen LogP contribution in [-0.4, -0.2) is 5.78 Å². The molecule has 2 rings (SSSR count). The Balaban J connectivity index is 2.28. The predicted octanol–water partition coefficient (Wildman–Crippen LogP) is 3.49. The highest BCUT2D eigenvalue weighted by Gasteiger charge is 2.07. The van der Waals surface area contributed by atoms with Crippen LogP contribution in [0.5, 0.6) is 0 Å². The van der Waals surface area contributed by atoms with Gasteiger partial charge < -0.3 is 0 Å². The number of carbonyl (C=O) groups is 1. The molecule has 79 valence electrons. The summed E-state index contributed by atoms with van der Waals surface area (Å²) >= 11 is 0. The maximum Gasteiger partial charge on any atom is 0.193 e. The maximum atomic E-state index is 12.0. The van der Waals surface area contributed by atoms with Crippen LogP contribution in [0.4, 0.5) is 0 Å². The largest absolute Gasteiger partial charge is 0.289 e. The quantitative estimate of drug-likeness (QED) is 0.707. The van der Waals surface area contributed by atoms with E-state index in [9.17, 15) is 4.79 Å². The van der Waals surface area contributed by atoms with Crippen molar-refractivity contribution in [2.24, 2.45) is 0 Å². The van der Waals surface area contributed by atoms with Crippen LogP contribution in [-0.2, 0) is 0 Å². The number of benzene rings is 2. The molecule has 16 heavy (non-hydrogen) atoms. The molecule has 0 heterocycles. The van der Waals surface area contributed by atoms with Crippen LogP contribution >= 0.6 is 0 Å². The molecule has 0 fully saturated rings.